The fourth-order valence-electron chi connectivity index (χ4n) is 4.00. The van der Waals surface area contributed by atoms with Gasteiger partial charge in [-0.3, -0.25) is 0 Å². The number of ether oxygens (including phenoxy) is 1. The smallest absolute Gasteiger partial charge is 0.349 e. The van der Waals surface area contributed by atoms with Crippen LogP contribution in [-0.2, 0) is 14.8 Å². The first-order valence-corrected chi connectivity index (χ1v) is 13.0. The fraction of sp³-hybridized carbons (Fsp3) is 0.360. The Morgan fingerprint density at radius 1 is 1.06 bits per heavy atom. The Bertz CT molecular complexity index is 1520. The van der Waals surface area contributed by atoms with Gasteiger partial charge in [-0.1, -0.05) is 0 Å². The van der Waals surface area contributed by atoms with Crippen LogP contribution in [0.5, 0.6) is 0 Å². The van der Waals surface area contributed by atoms with Gasteiger partial charge in [0.1, 0.15) is 16.7 Å². The summed E-state index contributed by atoms with van der Waals surface area (Å²) in [6, 6.07) is 10.5. The maximum atomic E-state index is 12.8. The molecule has 0 spiro atoms. The topological polar surface area (TPSA) is 115 Å². The summed E-state index contributed by atoms with van der Waals surface area (Å²) in [6.45, 7) is 8.21. The van der Waals surface area contributed by atoms with Crippen LogP contribution in [0.4, 0.5) is 5.69 Å². The number of hydrogen-bond donors (Lipinski definition) is 1. The summed E-state index contributed by atoms with van der Waals surface area (Å²) < 4.78 is 44.5. The van der Waals surface area contributed by atoms with Crippen molar-refractivity contribution in [3.8, 4) is 11.5 Å². The number of methoxy groups -OCH3 is 1. The summed E-state index contributed by atoms with van der Waals surface area (Å²) in [7, 11) is -2.19. The summed E-state index contributed by atoms with van der Waals surface area (Å²) in [4.78, 5) is 19.5. The highest BCUT2D eigenvalue weighted by molar-refractivity contribution is 7.89. The minimum atomic E-state index is -3.75. The van der Waals surface area contributed by atoms with E-state index in [0.717, 1.165) is 24.2 Å². The van der Waals surface area contributed by atoms with E-state index in [1.807, 2.05) is 18.2 Å². The van der Waals surface area contributed by atoms with Crippen LogP contribution in [0.15, 0.2) is 54.9 Å². The van der Waals surface area contributed by atoms with E-state index in [-0.39, 0.29) is 28.5 Å². The van der Waals surface area contributed by atoms with Crippen LogP contribution in [0.3, 0.4) is 0 Å². The number of benzene rings is 2. The van der Waals surface area contributed by atoms with E-state index < -0.39 is 15.6 Å². The lowest BCUT2D eigenvalue weighted by molar-refractivity contribution is 0.196. The van der Waals surface area contributed by atoms with Gasteiger partial charge in [-0.15, -0.1) is 0 Å². The number of aromatic nitrogens is 1. The number of anilines is 1. The summed E-state index contributed by atoms with van der Waals surface area (Å²) >= 11 is 0. The maximum absolute atomic E-state index is 12.8. The van der Waals surface area contributed by atoms with Gasteiger partial charge < -0.3 is 18.5 Å². The van der Waals surface area contributed by atoms with Gasteiger partial charge in [-0.25, -0.2) is 22.9 Å². The SMILES string of the molecule is CCN(CC)c1ccc2cc(-c3nc4cc(C)c(S(=O)(=O)NCCCOC)cc4o3)c(=O)oc2c1. The van der Waals surface area contributed by atoms with Crippen LogP contribution >= 0.6 is 0 Å². The van der Waals surface area contributed by atoms with Crippen molar-refractivity contribution >= 4 is 37.8 Å². The highest BCUT2D eigenvalue weighted by Crippen LogP contribution is 2.29. The van der Waals surface area contributed by atoms with Gasteiger partial charge in [0.05, 0.1) is 4.90 Å². The van der Waals surface area contributed by atoms with Gasteiger partial charge in [0.2, 0.25) is 15.9 Å². The van der Waals surface area contributed by atoms with E-state index in [1.165, 1.54) is 6.07 Å². The van der Waals surface area contributed by atoms with E-state index in [4.69, 9.17) is 13.6 Å². The van der Waals surface area contributed by atoms with Crippen LogP contribution < -0.4 is 15.2 Å². The van der Waals surface area contributed by atoms with Crippen molar-refractivity contribution in [3.63, 3.8) is 0 Å². The monoisotopic (exact) mass is 499 g/mol. The lowest BCUT2D eigenvalue weighted by atomic mass is 10.1. The molecule has 9 nitrogen and oxygen atoms in total. The molecule has 2 aromatic heterocycles. The Hall–Kier alpha value is -3.21. The van der Waals surface area contributed by atoms with E-state index in [0.29, 0.717) is 29.7 Å². The highest BCUT2D eigenvalue weighted by atomic mass is 32.2. The standard InChI is InChI=1S/C25H29N3O6S/c1-5-28(6-2)18-9-8-17-13-19(25(29)34-21(17)14-18)24-27-20-12-16(3)23(15-22(20)33-24)35(30,31)26-10-7-11-32-4/h8-9,12-15,26H,5-7,10-11H2,1-4H3. The molecule has 0 amide bonds. The van der Waals surface area contributed by atoms with E-state index in [2.05, 4.69) is 28.5 Å². The van der Waals surface area contributed by atoms with E-state index >= 15 is 0 Å². The van der Waals surface area contributed by atoms with Gasteiger partial charge in [0.15, 0.2) is 5.58 Å². The highest BCUT2D eigenvalue weighted by Gasteiger charge is 2.21. The molecule has 0 aliphatic rings. The molecule has 0 fully saturated rings. The van der Waals surface area contributed by atoms with Crippen molar-refractivity contribution in [2.75, 3.05) is 38.3 Å². The molecule has 0 bridgehead atoms. The van der Waals surface area contributed by atoms with Gasteiger partial charge in [-0.05, 0) is 57.0 Å². The van der Waals surface area contributed by atoms with E-state index in [1.54, 1.807) is 26.2 Å². The molecule has 0 saturated heterocycles. The Kier molecular flexibility index (Phi) is 7.25. The van der Waals surface area contributed by atoms with Crippen molar-refractivity contribution in [1.82, 2.24) is 9.71 Å². The van der Waals surface area contributed by atoms with Crippen LogP contribution in [0, 0.1) is 6.92 Å². The third kappa shape index (κ3) is 5.09. The normalized spacial score (nSPS) is 12.0. The first-order valence-electron chi connectivity index (χ1n) is 11.5. The van der Waals surface area contributed by atoms with Crippen molar-refractivity contribution in [3.05, 3.63) is 52.4 Å². The van der Waals surface area contributed by atoms with Gasteiger partial charge in [-0.2, -0.15) is 0 Å². The summed E-state index contributed by atoms with van der Waals surface area (Å²) in [5.74, 6) is 0.0745. The molecule has 0 unspecified atom stereocenters. The zero-order valence-electron chi connectivity index (χ0n) is 20.3. The second kappa shape index (κ2) is 10.2. The molecule has 0 aliphatic carbocycles. The molecule has 0 atom stereocenters. The number of fused-ring (bicyclic) bond motifs is 2. The minimum Gasteiger partial charge on any atom is -0.436 e. The fourth-order valence-corrected chi connectivity index (χ4v) is 5.31. The lowest BCUT2D eigenvalue weighted by Gasteiger charge is -2.20. The van der Waals surface area contributed by atoms with Crippen molar-refractivity contribution in [1.29, 1.82) is 0 Å². The second-order valence-corrected chi connectivity index (χ2v) is 9.93. The van der Waals surface area contributed by atoms with Gasteiger partial charge in [0.25, 0.3) is 0 Å². The molecule has 186 valence electrons. The molecule has 0 aliphatic heterocycles. The number of nitrogens with zero attached hydrogens (tertiary/aromatic N) is 2. The predicted molar refractivity (Wildman–Crippen MR) is 135 cm³/mol. The molecule has 0 saturated carbocycles. The van der Waals surface area contributed by atoms with Gasteiger partial charge in [0, 0.05) is 56.6 Å². The molecule has 4 aromatic rings. The number of sulfonamides is 1. The number of rotatable bonds is 10. The number of nitrogens with one attached hydrogen (secondary N) is 1. The molecule has 2 heterocycles. The summed E-state index contributed by atoms with van der Waals surface area (Å²) in [5.41, 5.74) is 2.27. The third-order valence-electron chi connectivity index (χ3n) is 5.87. The molecule has 1 N–H and O–H groups in total. The molecule has 0 radical (unpaired) electrons. The molecular weight excluding hydrogens is 470 g/mol. The largest absolute Gasteiger partial charge is 0.436 e. The summed E-state index contributed by atoms with van der Waals surface area (Å²) in [6.07, 6.45) is 0.553. The van der Waals surface area contributed by atoms with Gasteiger partial charge >= 0.3 is 5.63 Å². The van der Waals surface area contributed by atoms with Crippen LogP contribution in [-0.4, -0.2) is 46.8 Å². The minimum absolute atomic E-state index is 0.0745. The Morgan fingerprint density at radius 2 is 1.83 bits per heavy atom. The molecule has 2 aromatic carbocycles. The Labute approximate surface area is 203 Å². The number of hydrogen-bond acceptors (Lipinski definition) is 8. The first-order chi connectivity index (χ1) is 16.8. The Morgan fingerprint density at radius 3 is 2.54 bits per heavy atom. The third-order valence-corrected chi connectivity index (χ3v) is 7.47. The van der Waals surface area contributed by atoms with Crippen molar-refractivity contribution in [2.45, 2.75) is 32.1 Å². The maximum Gasteiger partial charge on any atom is 0.349 e. The van der Waals surface area contributed by atoms with Crippen LogP contribution in [0.1, 0.15) is 25.8 Å². The van der Waals surface area contributed by atoms with E-state index in [9.17, 15) is 13.2 Å². The lowest BCUT2D eigenvalue weighted by Crippen LogP contribution is -2.26. The van der Waals surface area contributed by atoms with Crippen molar-refractivity contribution < 1.29 is 22.0 Å². The zero-order valence-corrected chi connectivity index (χ0v) is 21.1. The predicted octanol–water partition coefficient (Wildman–Crippen LogP) is 4.07. The Balaban J connectivity index is 1.71. The van der Waals surface area contributed by atoms with Crippen LogP contribution in [0.25, 0.3) is 33.5 Å². The molecule has 35 heavy (non-hydrogen) atoms. The zero-order chi connectivity index (χ0) is 25.2. The first kappa shape index (κ1) is 24.9. The molecule has 4 rings (SSSR count). The average Bonchev–Trinajstić information content (AvgIpc) is 3.24. The summed E-state index contributed by atoms with van der Waals surface area (Å²) in [5, 5.41) is 0.734. The quantitative estimate of drug-likeness (QED) is 0.256. The molecule has 10 heteroatoms. The molecular formula is C25H29N3O6S. The number of oxazole rings is 1. The van der Waals surface area contributed by atoms with Crippen LogP contribution in [0.2, 0.25) is 0 Å². The van der Waals surface area contributed by atoms with Crippen molar-refractivity contribution in [2.24, 2.45) is 0 Å². The average molecular weight is 500 g/mol. The second-order valence-electron chi connectivity index (χ2n) is 8.19. The number of aryl methyl sites for hydroxylation is 1.